The van der Waals surface area contributed by atoms with Crippen LogP contribution in [0.25, 0.3) is 0 Å². The number of nitrogen functional groups attached to an aromatic ring is 1. The number of anilines is 1. The van der Waals surface area contributed by atoms with Crippen molar-refractivity contribution in [1.29, 1.82) is 0 Å². The zero-order valence-electron chi connectivity index (χ0n) is 11.3. The number of fused-ring (bicyclic) bond motifs is 1. The minimum Gasteiger partial charge on any atom is -0.398 e. The van der Waals surface area contributed by atoms with E-state index in [2.05, 4.69) is 0 Å². The highest BCUT2D eigenvalue weighted by molar-refractivity contribution is 7.89. The van der Waals surface area contributed by atoms with Crippen LogP contribution in [0.5, 0.6) is 0 Å². The fourth-order valence-corrected chi connectivity index (χ4v) is 4.18. The fourth-order valence-electron chi connectivity index (χ4n) is 2.49. The maximum atomic E-state index is 12.7. The van der Waals surface area contributed by atoms with Crippen LogP contribution in [-0.2, 0) is 23.0 Å². The van der Waals surface area contributed by atoms with Gasteiger partial charge in [0.2, 0.25) is 10.0 Å². The number of halogens is 1. The van der Waals surface area contributed by atoms with Gasteiger partial charge in [0.1, 0.15) is 0 Å². The molecule has 1 aliphatic rings. The van der Waals surface area contributed by atoms with Gasteiger partial charge in [0.25, 0.3) is 0 Å². The second-order valence-electron chi connectivity index (χ2n) is 5.04. The van der Waals surface area contributed by atoms with E-state index in [1.807, 2.05) is 24.3 Å². The monoisotopic (exact) mass is 322 g/mol. The van der Waals surface area contributed by atoms with Crippen LogP contribution >= 0.6 is 11.6 Å². The van der Waals surface area contributed by atoms with E-state index < -0.39 is 10.0 Å². The predicted molar refractivity (Wildman–Crippen MR) is 83.6 cm³/mol. The third kappa shape index (κ3) is 2.64. The molecule has 21 heavy (non-hydrogen) atoms. The largest absolute Gasteiger partial charge is 0.398 e. The average molecular weight is 323 g/mol. The average Bonchev–Trinajstić information content (AvgIpc) is 2.49. The lowest BCUT2D eigenvalue weighted by atomic mass is 10.0. The van der Waals surface area contributed by atoms with Crippen molar-refractivity contribution in [2.45, 2.75) is 17.9 Å². The van der Waals surface area contributed by atoms with Crippen molar-refractivity contribution in [1.82, 2.24) is 4.31 Å². The molecule has 0 aliphatic carbocycles. The summed E-state index contributed by atoms with van der Waals surface area (Å²) < 4.78 is 26.9. The van der Waals surface area contributed by atoms with Crippen molar-refractivity contribution in [3.63, 3.8) is 0 Å². The first kappa shape index (κ1) is 14.4. The number of nitrogens with zero attached hydrogens (tertiary/aromatic N) is 1. The van der Waals surface area contributed by atoms with E-state index in [1.165, 1.54) is 28.1 Å². The van der Waals surface area contributed by atoms with Crippen LogP contribution in [0.4, 0.5) is 5.69 Å². The molecule has 0 amide bonds. The van der Waals surface area contributed by atoms with Crippen LogP contribution < -0.4 is 5.73 Å². The minimum absolute atomic E-state index is 0.182. The van der Waals surface area contributed by atoms with Crippen LogP contribution in [-0.4, -0.2) is 19.3 Å². The summed E-state index contributed by atoms with van der Waals surface area (Å²) in [5.74, 6) is 0. The highest BCUT2D eigenvalue weighted by Crippen LogP contribution is 2.28. The number of sulfonamides is 1. The van der Waals surface area contributed by atoms with Gasteiger partial charge in [-0.3, -0.25) is 0 Å². The minimum atomic E-state index is -3.55. The first-order chi connectivity index (χ1) is 9.98. The normalized spacial score (nSPS) is 15.7. The van der Waals surface area contributed by atoms with Crippen molar-refractivity contribution < 1.29 is 8.42 Å². The molecule has 0 saturated carbocycles. The van der Waals surface area contributed by atoms with Crippen molar-refractivity contribution in [2.24, 2.45) is 0 Å². The zero-order chi connectivity index (χ0) is 15.0. The number of benzene rings is 2. The Morgan fingerprint density at radius 3 is 2.52 bits per heavy atom. The van der Waals surface area contributed by atoms with Gasteiger partial charge >= 0.3 is 0 Å². The lowest BCUT2D eigenvalue weighted by Crippen LogP contribution is -2.35. The molecule has 0 spiro atoms. The van der Waals surface area contributed by atoms with Gasteiger partial charge < -0.3 is 5.73 Å². The molecule has 3 rings (SSSR count). The Morgan fingerprint density at radius 1 is 1.10 bits per heavy atom. The molecule has 0 aromatic heterocycles. The van der Waals surface area contributed by atoms with Crippen molar-refractivity contribution in [3.05, 3.63) is 58.6 Å². The summed E-state index contributed by atoms with van der Waals surface area (Å²) in [5, 5.41) is 0.258. The van der Waals surface area contributed by atoms with E-state index in [1.54, 1.807) is 0 Å². The van der Waals surface area contributed by atoms with E-state index in [0.717, 1.165) is 12.0 Å². The smallest absolute Gasteiger partial charge is 0.243 e. The Balaban J connectivity index is 1.95. The van der Waals surface area contributed by atoms with Gasteiger partial charge in [0.15, 0.2) is 0 Å². The number of nitrogens with two attached hydrogens (primary N) is 1. The molecular formula is C15H15ClN2O2S. The number of hydrogen-bond donors (Lipinski definition) is 1. The Morgan fingerprint density at radius 2 is 1.81 bits per heavy atom. The summed E-state index contributed by atoms with van der Waals surface area (Å²) in [6, 6.07) is 12.3. The van der Waals surface area contributed by atoms with Gasteiger partial charge in [-0.25, -0.2) is 8.42 Å². The molecule has 0 radical (unpaired) electrons. The van der Waals surface area contributed by atoms with E-state index in [0.29, 0.717) is 18.8 Å². The van der Waals surface area contributed by atoms with E-state index in [4.69, 9.17) is 17.3 Å². The standard InChI is InChI=1S/C15H15ClN2O2S/c16-14-9-13(5-6-15(14)17)21(19,20)18-8-7-11-3-1-2-4-12(11)10-18/h1-6,9H,7-8,10,17H2. The molecule has 0 bridgehead atoms. The number of rotatable bonds is 2. The van der Waals surface area contributed by atoms with Crippen LogP contribution in [0.15, 0.2) is 47.4 Å². The maximum absolute atomic E-state index is 12.7. The Hall–Kier alpha value is -1.56. The molecule has 0 saturated heterocycles. The van der Waals surface area contributed by atoms with Gasteiger partial charge in [-0.15, -0.1) is 0 Å². The summed E-state index contributed by atoms with van der Waals surface area (Å²) >= 11 is 5.93. The third-order valence-electron chi connectivity index (χ3n) is 3.71. The summed E-state index contributed by atoms with van der Waals surface area (Å²) in [5.41, 5.74) is 8.27. The highest BCUT2D eigenvalue weighted by atomic mass is 35.5. The topological polar surface area (TPSA) is 63.4 Å². The Labute approximate surface area is 129 Å². The molecule has 6 heteroatoms. The van der Waals surface area contributed by atoms with Crippen LogP contribution in [0, 0.1) is 0 Å². The van der Waals surface area contributed by atoms with Crippen molar-refractivity contribution in [2.75, 3.05) is 12.3 Å². The van der Waals surface area contributed by atoms with Gasteiger partial charge in [-0.05, 0) is 35.7 Å². The van der Waals surface area contributed by atoms with Gasteiger partial charge in [0, 0.05) is 13.1 Å². The van der Waals surface area contributed by atoms with Crippen LogP contribution in [0.2, 0.25) is 5.02 Å². The van der Waals surface area contributed by atoms with Crippen LogP contribution in [0.1, 0.15) is 11.1 Å². The first-order valence-corrected chi connectivity index (χ1v) is 8.42. The summed E-state index contributed by atoms with van der Waals surface area (Å²) in [6.45, 7) is 0.863. The fraction of sp³-hybridized carbons (Fsp3) is 0.200. The first-order valence-electron chi connectivity index (χ1n) is 6.60. The lowest BCUT2D eigenvalue weighted by Gasteiger charge is -2.28. The van der Waals surface area contributed by atoms with Gasteiger partial charge in [-0.2, -0.15) is 4.31 Å². The SMILES string of the molecule is Nc1ccc(S(=O)(=O)N2CCc3ccccc3C2)cc1Cl. The van der Waals surface area contributed by atoms with E-state index in [-0.39, 0.29) is 9.92 Å². The molecule has 2 N–H and O–H groups in total. The molecule has 1 heterocycles. The van der Waals surface area contributed by atoms with E-state index in [9.17, 15) is 8.42 Å². The molecule has 0 atom stereocenters. The zero-order valence-corrected chi connectivity index (χ0v) is 12.9. The van der Waals surface area contributed by atoms with Crippen LogP contribution in [0.3, 0.4) is 0 Å². The quantitative estimate of drug-likeness (QED) is 0.865. The molecule has 2 aromatic carbocycles. The molecule has 2 aromatic rings. The third-order valence-corrected chi connectivity index (χ3v) is 5.87. The molecule has 1 aliphatic heterocycles. The Kier molecular flexibility index (Phi) is 3.65. The Bertz CT molecular complexity index is 790. The van der Waals surface area contributed by atoms with Gasteiger partial charge in [0.05, 0.1) is 15.6 Å². The van der Waals surface area contributed by atoms with Gasteiger partial charge in [-0.1, -0.05) is 35.9 Å². The summed E-state index contributed by atoms with van der Waals surface area (Å²) in [4.78, 5) is 0.182. The lowest BCUT2D eigenvalue weighted by molar-refractivity contribution is 0.391. The number of hydrogen-bond acceptors (Lipinski definition) is 3. The second kappa shape index (κ2) is 5.33. The molecular weight excluding hydrogens is 308 g/mol. The van der Waals surface area contributed by atoms with E-state index >= 15 is 0 Å². The molecule has 0 unspecified atom stereocenters. The summed E-state index contributed by atoms with van der Waals surface area (Å²) in [6.07, 6.45) is 0.720. The summed E-state index contributed by atoms with van der Waals surface area (Å²) in [7, 11) is -3.55. The van der Waals surface area contributed by atoms with Crippen molar-refractivity contribution in [3.8, 4) is 0 Å². The molecule has 110 valence electrons. The second-order valence-corrected chi connectivity index (χ2v) is 7.39. The molecule has 4 nitrogen and oxygen atoms in total. The van der Waals surface area contributed by atoms with Crippen molar-refractivity contribution >= 4 is 27.3 Å². The predicted octanol–water partition coefficient (Wildman–Crippen LogP) is 2.67. The highest BCUT2D eigenvalue weighted by Gasteiger charge is 2.28. The maximum Gasteiger partial charge on any atom is 0.243 e. The molecule has 0 fully saturated rings.